The smallest absolute Gasteiger partial charge is 0.104 e. The van der Waals surface area contributed by atoms with Crippen LogP contribution in [0.15, 0.2) is 36.7 Å². The van der Waals surface area contributed by atoms with Crippen molar-refractivity contribution in [1.29, 1.82) is 0 Å². The molecule has 5 nitrogen and oxygen atoms in total. The number of rotatable bonds is 1. The summed E-state index contributed by atoms with van der Waals surface area (Å²) >= 11 is 0. The van der Waals surface area contributed by atoms with Crippen LogP contribution in [-0.4, -0.2) is 25.4 Å². The molecule has 0 aliphatic heterocycles. The number of fused-ring (bicyclic) bond motifs is 3. The van der Waals surface area contributed by atoms with Gasteiger partial charge in [0.25, 0.3) is 0 Å². The molecule has 1 aromatic carbocycles. The zero-order valence-corrected chi connectivity index (χ0v) is 11.8. The fraction of sp³-hybridized carbons (Fsp3) is 0.125. The lowest BCUT2D eigenvalue weighted by Gasteiger charge is -2.08. The number of aryl methyl sites for hydroxylation is 2. The molecule has 4 aromatic rings. The summed E-state index contributed by atoms with van der Waals surface area (Å²) in [4.78, 5) is 9.30. The summed E-state index contributed by atoms with van der Waals surface area (Å²) in [6, 6.07) is 8.29. The number of benzene rings is 1. The topological polar surface area (TPSA) is 67.3 Å². The third-order valence-corrected chi connectivity index (χ3v) is 3.81. The first kappa shape index (κ1) is 12.0. The largest absolute Gasteiger partial charge is 0.256 e. The van der Waals surface area contributed by atoms with Crippen molar-refractivity contribution in [2.75, 3.05) is 0 Å². The molecule has 0 saturated heterocycles. The van der Waals surface area contributed by atoms with Gasteiger partial charge >= 0.3 is 0 Å². The summed E-state index contributed by atoms with van der Waals surface area (Å²) in [5.74, 6) is 0. The number of aromatic nitrogens is 5. The monoisotopic (exact) mass is 275 g/mol. The van der Waals surface area contributed by atoms with E-state index in [1.807, 2.05) is 18.3 Å². The molecule has 0 amide bonds. The van der Waals surface area contributed by atoms with E-state index in [2.05, 4.69) is 46.4 Å². The minimum Gasteiger partial charge on any atom is -0.256 e. The fourth-order valence-corrected chi connectivity index (χ4v) is 2.67. The maximum absolute atomic E-state index is 4.77. The van der Waals surface area contributed by atoms with Crippen LogP contribution >= 0.6 is 0 Å². The second-order valence-corrected chi connectivity index (χ2v) is 5.18. The molecule has 1 N–H and O–H groups in total. The van der Waals surface area contributed by atoms with Gasteiger partial charge in [0.05, 0.1) is 22.9 Å². The number of hydrogen-bond donors (Lipinski definition) is 1. The standard InChI is InChI=1S/C16H13N5/c1-9-5-6-17-15-11(9)3-4-12-10(2)7-13(19-16(12)15)14-8-18-21-20-14/h3-8H,1-2H3,(H,18,20,21). The van der Waals surface area contributed by atoms with Gasteiger partial charge in [-0.05, 0) is 37.1 Å². The minimum atomic E-state index is 0.810. The highest BCUT2D eigenvalue weighted by molar-refractivity contribution is 6.05. The molecule has 0 atom stereocenters. The molecule has 0 aliphatic rings. The second kappa shape index (κ2) is 4.34. The first-order valence-corrected chi connectivity index (χ1v) is 6.76. The molecule has 4 rings (SSSR count). The second-order valence-electron chi connectivity index (χ2n) is 5.18. The van der Waals surface area contributed by atoms with Gasteiger partial charge in [-0.2, -0.15) is 0 Å². The van der Waals surface area contributed by atoms with Crippen molar-refractivity contribution in [3.8, 4) is 11.4 Å². The van der Waals surface area contributed by atoms with Gasteiger partial charge in [0.2, 0.25) is 0 Å². The van der Waals surface area contributed by atoms with E-state index in [-0.39, 0.29) is 0 Å². The number of H-pyrrole nitrogens is 1. The molecule has 0 aliphatic carbocycles. The Balaban J connectivity index is 2.14. The molecule has 0 saturated carbocycles. The average Bonchev–Trinajstić information content (AvgIpc) is 3.01. The third-order valence-electron chi connectivity index (χ3n) is 3.81. The van der Waals surface area contributed by atoms with Crippen LogP contribution < -0.4 is 0 Å². The van der Waals surface area contributed by atoms with Crippen molar-refractivity contribution in [3.05, 3.63) is 47.8 Å². The van der Waals surface area contributed by atoms with Gasteiger partial charge in [-0.15, -0.1) is 5.10 Å². The Labute approximate surface area is 121 Å². The van der Waals surface area contributed by atoms with E-state index in [1.54, 1.807) is 6.20 Å². The van der Waals surface area contributed by atoms with Crippen LogP contribution in [0.3, 0.4) is 0 Å². The van der Waals surface area contributed by atoms with Crippen LogP contribution in [0, 0.1) is 13.8 Å². The highest BCUT2D eigenvalue weighted by atomic mass is 15.3. The molecular formula is C16H13N5. The van der Waals surface area contributed by atoms with Crippen molar-refractivity contribution in [2.24, 2.45) is 0 Å². The SMILES string of the molecule is Cc1ccnc2c1ccc1c(C)cc(-c3cnn[nH]3)nc12. The van der Waals surface area contributed by atoms with E-state index in [1.165, 1.54) is 5.56 Å². The van der Waals surface area contributed by atoms with Crippen LogP contribution in [0.4, 0.5) is 0 Å². The average molecular weight is 275 g/mol. The Bertz CT molecular complexity index is 957. The van der Waals surface area contributed by atoms with Gasteiger partial charge in [0.1, 0.15) is 5.69 Å². The summed E-state index contributed by atoms with van der Waals surface area (Å²) in [5.41, 5.74) is 5.86. The molecule has 0 radical (unpaired) electrons. The van der Waals surface area contributed by atoms with Crippen LogP contribution in [0.2, 0.25) is 0 Å². The predicted octanol–water partition coefficient (Wildman–Crippen LogP) is 3.18. The summed E-state index contributed by atoms with van der Waals surface area (Å²) in [5, 5.41) is 12.7. The minimum absolute atomic E-state index is 0.810. The van der Waals surface area contributed by atoms with Crippen molar-refractivity contribution in [3.63, 3.8) is 0 Å². The zero-order valence-electron chi connectivity index (χ0n) is 11.8. The van der Waals surface area contributed by atoms with Gasteiger partial charge in [-0.25, -0.2) is 4.98 Å². The van der Waals surface area contributed by atoms with Gasteiger partial charge in [0, 0.05) is 17.0 Å². The Morgan fingerprint density at radius 2 is 1.76 bits per heavy atom. The summed E-state index contributed by atoms with van der Waals surface area (Å²) in [6.45, 7) is 4.17. The maximum Gasteiger partial charge on any atom is 0.104 e. The van der Waals surface area contributed by atoms with E-state index >= 15 is 0 Å². The molecule has 3 heterocycles. The van der Waals surface area contributed by atoms with Crippen molar-refractivity contribution >= 4 is 21.8 Å². The first-order chi connectivity index (χ1) is 10.2. The predicted molar refractivity (Wildman–Crippen MR) is 81.9 cm³/mol. The number of nitrogens with zero attached hydrogens (tertiary/aromatic N) is 4. The molecule has 0 bridgehead atoms. The summed E-state index contributed by atoms with van der Waals surface area (Å²) in [6.07, 6.45) is 3.51. The molecular weight excluding hydrogens is 262 g/mol. The number of pyridine rings is 2. The van der Waals surface area contributed by atoms with Crippen molar-refractivity contribution in [2.45, 2.75) is 13.8 Å². The fourth-order valence-electron chi connectivity index (χ4n) is 2.67. The quantitative estimate of drug-likeness (QED) is 0.542. The van der Waals surface area contributed by atoms with Gasteiger partial charge in [-0.3, -0.25) is 10.1 Å². The van der Waals surface area contributed by atoms with Crippen LogP contribution in [-0.2, 0) is 0 Å². The molecule has 0 fully saturated rings. The lowest BCUT2D eigenvalue weighted by molar-refractivity contribution is 0.941. The van der Waals surface area contributed by atoms with Crippen molar-refractivity contribution < 1.29 is 0 Å². The Kier molecular flexibility index (Phi) is 2.47. The van der Waals surface area contributed by atoms with Crippen LogP contribution in [0.1, 0.15) is 11.1 Å². The van der Waals surface area contributed by atoms with Crippen molar-refractivity contribution in [1.82, 2.24) is 25.4 Å². The lowest BCUT2D eigenvalue weighted by Crippen LogP contribution is -1.92. The van der Waals surface area contributed by atoms with E-state index in [9.17, 15) is 0 Å². The van der Waals surface area contributed by atoms with Crippen LogP contribution in [0.5, 0.6) is 0 Å². The lowest BCUT2D eigenvalue weighted by atomic mass is 10.0. The van der Waals surface area contributed by atoms with Gasteiger partial charge < -0.3 is 0 Å². The molecule has 21 heavy (non-hydrogen) atoms. The molecule has 0 spiro atoms. The number of aromatic amines is 1. The molecule has 0 unspecified atom stereocenters. The molecule has 5 heteroatoms. The Hall–Kier alpha value is -2.82. The summed E-state index contributed by atoms with van der Waals surface area (Å²) < 4.78 is 0. The first-order valence-electron chi connectivity index (χ1n) is 6.76. The Morgan fingerprint density at radius 3 is 2.52 bits per heavy atom. The summed E-state index contributed by atoms with van der Waals surface area (Å²) in [7, 11) is 0. The normalized spacial score (nSPS) is 11.3. The number of nitrogens with one attached hydrogen (secondary N) is 1. The van der Waals surface area contributed by atoms with E-state index in [0.717, 1.165) is 38.8 Å². The zero-order chi connectivity index (χ0) is 14.4. The highest BCUT2D eigenvalue weighted by Gasteiger charge is 2.10. The van der Waals surface area contributed by atoms with Crippen LogP contribution in [0.25, 0.3) is 33.2 Å². The van der Waals surface area contributed by atoms with Gasteiger partial charge in [-0.1, -0.05) is 17.3 Å². The molecule has 102 valence electrons. The maximum atomic E-state index is 4.77. The Morgan fingerprint density at radius 1 is 0.952 bits per heavy atom. The highest BCUT2D eigenvalue weighted by Crippen LogP contribution is 2.28. The third kappa shape index (κ3) is 1.78. The van der Waals surface area contributed by atoms with Gasteiger partial charge in [0.15, 0.2) is 0 Å². The van der Waals surface area contributed by atoms with E-state index < -0.39 is 0 Å². The molecule has 3 aromatic heterocycles. The van der Waals surface area contributed by atoms with E-state index in [4.69, 9.17) is 4.98 Å². The van der Waals surface area contributed by atoms with E-state index in [0.29, 0.717) is 0 Å². The number of hydrogen-bond acceptors (Lipinski definition) is 4.